The van der Waals surface area contributed by atoms with E-state index in [2.05, 4.69) is 54.8 Å². The molecule has 1 aliphatic rings. The fraction of sp³-hybridized carbons (Fsp3) is 0.795. The molecule has 1 saturated heterocycles. The second-order valence-corrected chi connectivity index (χ2v) is 16.7. The quantitative estimate of drug-likeness (QED) is 0.0175. The van der Waals surface area contributed by atoms with E-state index in [4.69, 9.17) is 29.6 Å². The number of carboxylic acid groups (broad SMARTS) is 1. The molecule has 1 fully saturated rings. The molecule has 0 aromatic heterocycles. The van der Waals surface area contributed by atoms with E-state index < -0.39 is 51.1 Å². The topological polar surface area (TPSA) is 184 Å². The highest BCUT2D eigenvalue weighted by Gasteiger charge is 2.36. The molecule has 12 nitrogen and oxygen atoms in total. The predicted octanol–water partition coefficient (Wildman–Crippen LogP) is 10.6. The largest absolute Gasteiger partial charge is 0.480 e. The van der Waals surface area contributed by atoms with E-state index in [0.29, 0.717) is 25.0 Å². The van der Waals surface area contributed by atoms with E-state index in [1.807, 2.05) is 0 Å². The number of hydrogen-bond acceptors (Lipinski definition) is 10. The van der Waals surface area contributed by atoms with Crippen molar-refractivity contribution in [1.82, 2.24) is 0 Å². The molecule has 1 rings (SSSR count). The first-order valence-electron chi connectivity index (χ1n) is 22.1. The molecule has 1 aliphatic heterocycles. The maximum atomic E-state index is 12.6. The van der Waals surface area contributed by atoms with Gasteiger partial charge in [0.1, 0.15) is 12.6 Å². The van der Waals surface area contributed by atoms with Gasteiger partial charge in [-0.25, -0.2) is 4.57 Å². The molecule has 13 heteroatoms. The Balaban J connectivity index is 2.29. The number of nitrogens with two attached hydrogens (primary N) is 1. The number of rotatable bonds is 40. The van der Waals surface area contributed by atoms with Crippen molar-refractivity contribution in [2.75, 3.05) is 19.8 Å². The van der Waals surface area contributed by atoms with E-state index in [0.717, 1.165) is 83.5 Å². The number of phosphoric acid groups is 1. The molecule has 57 heavy (non-hydrogen) atoms. The van der Waals surface area contributed by atoms with Crippen molar-refractivity contribution in [3.63, 3.8) is 0 Å². The van der Waals surface area contributed by atoms with E-state index in [-0.39, 0.29) is 19.4 Å². The van der Waals surface area contributed by atoms with Gasteiger partial charge in [-0.2, -0.15) is 0 Å². The minimum absolute atomic E-state index is 0.146. The Labute approximate surface area is 344 Å². The molecular weight excluding hydrogens is 749 g/mol. The number of allylic oxidation sites excluding steroid dienone is 5. The number of carboxylic acids is 1. The van der Waals surface area contributed by atoms with Gasteiger partial charge >= 0.3 is 25.7 Å². The molecule has 1 heterocycles. The summed E-state index contributed by atoms with van der Waals surface area (Å²) in [6.45, 7) is 2.72. The smallest absolute Gasteiger partial charge is 0.472 e. The molecule has 0 bridgehead atoms. The number of epoxide rings is 1. The van der Waals surface area contributed by atoms with Gasteiger partial charge in [-0.3, -0.25) is 23.4 Å². The lowest BCUT2D eigenvalue weighted by Crippen LogP contribution is -2.34. The van der Waals surface area contributed by atoms with Crippen LogP contribution >= 0.6 is 7.82 Å². The van der Waals surface area contributed by atoms with Gasteiger partial charge in [0.15, 0.2) is 6.10 Å². The maximum Gasteiger partial charge on any atom is 0.472 e. The van der Waals surface area contributed by atoms with Crippen LogP contribution in [0, 0.1) is 0 Å². The molecule has 0 amide bonds. The third kappa shape index (κ3) is 33.2. The summed E-state index contributed by atoms with van der Waals surface area (Å²) < 4.78 is 38.5. The van der Waals surface area contributed by atoms with Gasteiger partial charge in [0, 0.05) is 12.8 Å². The Morgan fingerprint density at radius 2 is 1.16 bits per heavy atom. The standard InChI is InChI=1S/C44H78NO11P/c1-3-5-7-9-11-12-13-14-15-16-17-18-19-20-21-25-30-34-43(47)55-38(36-53-57(50,51)54-37-39(45)44(48)49)35-52-42(46)33-29-26-22-24-28-32-41-40(56-41)31-27-23-10-8-6-4-2/h11-12,14-15,23,27,38-41H,3-10,13,16-22,24-26,28-37,45H2,1-2H3,(H,48,49)(H,50,51)/b12-11-,15-14-,27-23-/t38-,39+,40?,41?/m1/s1. The fourth-order valence-electron chi connectivity index (χ4n) is 6.16. The molecule has 5 atom stereocenters. The molecule has 330 valence electrons. The predicted molar refractivity (Wildman–Crippen MR) is 226 cm³/mol. The van der Waals surface area contributed by atoms with Gasteiger partial charge in [-0.05, 0) is 70.6 Å². The first kappa shape index (κ1) is 52.7. The highest BCUT2D eigenvalue weighted by atomic mass is 31.2. The average Bonchev–Trinajstić information content (AvgIpc) is 3.94. The number of esters is 2. The van der Waals surface area contributed by atoms with Crippen LogP contribution in [0.1, 0.15) is 181 Å². The number of unbranched alkanes of at least 4 members (excludes halogenated alkanes) is 17. The second-order valence-electron chi connectivity index (χ2n) is 15.2. The maximum absolute atomic E-state index is 12.6. The molecule has 0 saturated carbocycles. The average molecular weight is 828 g/mol. The summed E-state index contributed by atoms with van der Waals surface area (Å²) >= 11 is 0. The fourth-order valence-corrected chi connectivity index (χ4v) is 6.94. The van der Waals surface area contributed by atoms with Crippen molar-refractivity contribution in [3.8, 4) is 0 Å². The Morgan fingerprint density at radius 1 is 0.649 bits per heavy atom. The third-order valence-corrected chi connectivity index (χ3v) is 10.7. The highest BCUT2D eigenvalue weighted by molar-refractivity contribution is 7.47. The third-order valence-electron chi connectivity index (χ3n) is 9.78. The Morgan fingerprint density at radius 3 is 1.75 bits per heavy atom. The Hall–Kier alpha value is -2.34. The number of phosphoric ester groups is 1. The summed E-state index contributed by atoms with van der Waals surface area (Å²) in [7, 11) is -4.73. The molecule has 0 spiro atoms. The lowest BCUT2D eigenvalue weighted by atomic mass is 10.1. The van der Waals surface area contributed by atoms with Crippen LogP contribution in [0.3, 0.4) is 0 Å². The first-order chi connectivity index (χ1) is 27.6. The van der Waals surface area contributed by atoms with Crippen molar-refractivity contribution in [2.24, 2.45) is 5.73 Å². The molecule has 0 aliphatic carbocycles. The lowest BCUT2D eigenvalue weighted by Gasteiger charge is -2.20. The van der Waals surface area contributed by atoms with Crippen LogP contribution in [-0.4, -0.2) is 72.1 Å². The van der Waals surface area contributed by atoms with E-state index in [1.165, 1.54) is 57.8 Å². The van der Waals surface area contributed by atoms with Gasteiger partial charge in [0.05, 0.1) is 25.4 Å². The molecule has 3 unspecified atom stereocenters. The normalized spacial score (nSPS) is 17.6. The zero-order chi connectivity index (χ0) is 41.8. The Bertz CT molecular complexity index is 1180. The molecule has 0 aromatic carbocycles. The summed E-state index contributed by atoms with van der Waals surface area (Å²) in [5.41, 5.74) is 5.33. The summed E-state index contributed by atoms with van der Waals surface area (Å²) in [5, 5.41) is 8.89. The zero-order valence-electron chi connectivity index (χ0n) is 35.4. The van der Waals surface area contributed by atoms with Crippen LogP contribution in [0.4, 0.5) is 0 Å². The molecule has 0 aromatic rings. The van der Waals surface area contributed by atoms with Crippen molar-refractivity contribution >= 4 is 25.7 Å². The van der Waals surface area contributed by atoms with Crippen molar-refractivity contribution in [2.45, 2.75) is 205 Å². The Kier molecular flexibility index (Phi) is 32.9. The number of ether oxygens (including phenoxy) is 3. The number of carbonyl (C=O) groups excluding carboxylic acids is 2. The van der Waals surface area contributed by atoms with Crippen molar-refractivity contribution < 1.29 is 52.2 Å². The first-order valence-corrected chi connectivity index (χ1v) is 23.6. The van der Waals surface area contributed by atoms with Crippen LogP contribution in [0.15, 0.2) is 36.5 Å². The van der Waals surface area contributed by atoms with Crippen LogP contribution < -0.4 is 5.73 Å². The number of carbonyl (C=O) groups is 3. The van der Waals surface area contributed by atoms with E-state index >= 15 is 0 Å². The molecular formula is C44H78NO11P. The van der Waals surface area contributed by atoms with Crippen LogP contribution in [0.5, 0.6) is 0 Å². The number of aliphatic carboxylic acids is 1. The SMILES string of the molecule is CCCCC/C=C\C/C=C\CCCCCCCCCC(=O)O[C@H](COC(=O)CCCCCCCC1OC1C/C=C\CCCCC)COP(=O)(O)OC[C@H](N)C(=O)O. The van der Waals surface area contributed by atoms with Crippen molar-refractivity contribution in [1.29, 1.82) is 0 Å². The van der Waals surface area contributed by atoms with E-state index in [1.54, 1.807) is 0 Å². The van der Waals surface area contributed by atoms with Gasteiger partial charge in [-0.15, -0.1) is 0 Å². The summed E-state index contributed by atoms with van der Waals surface area (Å²) in [4.78, 5) is 46.0. The van der Waals surface area contributed by atoms with Crippen LogP contribution in [-0.2, 0) is 42.2 Å². The summed E-state index contributed by atoms with van der Waals surface area (Å²) in [6, 6.07) is -1.53. The molecule has 4 N–H and O–H groups in total. The van der Waals surface area contributed by atoms with Gasteiger partial charge in [0.2, 0.25) is 0 Å². The van der Waals surface area contributed by atoms with Crippen LogP contribution in [0.2, 0.25) is 0 Å². The highest BCUT2D eigenvalue weighted by Crippen LogP contribution is 2.43. The monoisotopic (exact) mass is 828 g/mol. The zero-order valence-corrected chi connectivity index (χ0v) is 36.3. The van der Waals surface area contributed by atoms with E-state index in [9.17, 15) is 23.8 Å². The minimum atomic E-state index is -4.73. The summed E-state index contributed by atoms with van der Waals surface area (Å²) in [5.74, 6) is -2.41. The second kappa shape index (κ2) is 35.6. The minimum Gasteiger partial charge on any atom is -0.480 e. The molecule has 0 radical (unpaired) electrons. The lowest BCUT2D eigenvalue weighted by molar-refractivity contribution is -0.161. The summed E-state index contributed by atoms with van der Waals surface area (Å²) in [6.07, 6.45) is 39.3. The number of hydrogen-bond donors (Lipinski definition) is 3. The van der Waals surface area contributed by atoms with Gasteiger partial charge in [-0.1, -0.05) is 134 Å². The van der Waals surface area contributed by atoms with Gasteiger partial charge in [0.25, 0.3) is 0 Å². The van der Waals surface area contributed by atoms with Gasteiger partial charge < -0.3 is 29.9 Å². The van der Waals surface area contributed by atoms with Crippen LogP contribution in [0.25, 0.3) is 0 Å². The van der Waals surface area contributed by atoms with Crippen molar-refractivity contribution in [3.05, 3.63) is 36.5 Å².